The fourth-order valence-electron chi connectivity index (χ4n) is 2.39. The Balaban J connectivity index is 2.32. The average Bonchev–Trinajstić information content (AvgIpc) is 2.76. The summed E-state index contributed by atoms with van der Waals surface area (Å²) in [7, 11) is 0. The molecule has 3 atom stereocenters. The van der Waals surface area contributed by atoms with Gasteiger partial charge in [-0.25, -0.2) is 0 Å². The first kappa shape index (κ1) is 14.5. The molecule has 3 unspecified atom stereocenters. The first-order chi connectivity index (χ1) is 8.19. The maximum atomic E-state index is 11.1. The Hall–Kier alpha value is -0.610. The van der Waals surface area contributed by atoms with Crippen LogP contribution in [0.15, 0.2) is 0 Å². The zero-order chi connectivity index (χ0) is 12.7. The number of carboxylic acid groups (broad SMARTS) is 1. The van der Waals surface area contributed by atoms with Gasteiger partial charge < -0.3 is 15.2 Å². The smallest absolute Gasteiger partial charge is 0.320 e. The molecule has 1 aliphatic rings. The van der Waals surface area contributed by atoms with Crippen LogP contribution in [0.25, 0.3) is 0 Å². The van der Waals surface area contributed by atoms with Crippen molar-refractivity contribution in [2.75, 3.05) is 13.2 Å². The van der Waals surface area contributed by atoms with Crippen LogP contribution in [0.5, 0.6) is 0 Å². The molecule has 0 aromatic carbocycles. The second kappa shape index (κ2) is 7.67. The summed E-state index contributed by atoms with van der Waals surface area (Å²) in [4.78, 5) is 11.1. The third-order valence-electron chi connectivity index (χ3n) is 3.52. The van der Waals surface area contributed by atoms with Crippen molar-refractivity contribution in [3.8, 4) is 0 Å². The van der Waals surface area contributed by atoms with Gasteiger partial charge in [0.05, 0.1) is 6.10 Å². The first-order valence-corrected chi connectivity index (χ1v) is 6.76. The fraction of sp³-hybridized carbons (Fsp3) is 0.923. The standard InChI is InChI=1S/C13H25NO3/c1-3-5-6-11(13(15)16)14-9-10-7-8-17-12(10)4-2/h10-12,14H,3-9H2,1-2H3,(H,15,16). The summed E-state index contributed by atoms with van der Waals surface area (Å²) in [5.41, 5.74) is 0. The minimum absolute atomic E-state index is 0.308. The molecule has 0 aliphatic carbocycles. The van der Waals surface area contributed by atoms with Crippen LogP contribution in [0.2, 0.25) is 0 Å². The van der Waals surface area contributed by atoms with Gasteiger partial charge in [-0.05, 0) is 25.2 Å². The second-order valence-electron chi connectivity index (χ2n) is 4.81. The van der Waals surface area contributed by atoms with E-state index in [4.69, 9.17) is 9.84 Å². The van der Waals surface area contributed by atoms with Crippen molar-refractivity contribution in [3.05, 3.63) is 0 Å². The van der Waals surface area contributed by atoms with E-state index in [-0.39, 0.29) is 0 Å². The highest BCUT2D eigenvalue weighted by Crippen LogP contribution is 2.22. The van der Waals surface area contributed by atoms with E-state index in [9.17, 15) is 4.79 Å². The summed E-state index contributed by atoms with van der Waals surface area (Å²) in [6, 6.07) is -0.395. The van der Waals surface area contributed by atoms with Crippen LogP contribution in [-0.2, 0) is 9.53 Å². The monoisotopic (exact) mass is 243 g/mol. The Kier molecular flexibility index (Phi) is 6.52. The Morgan fingerprint density at radius 3 is 2.88 bits per heavy atom. The molecule has 4 heteroatoms. The van der Waals surface area contributed by atoms with Gasteiger partial charge in [0.1, 0.15) is 6.04 Å². The molecule has 1 aliphatic heterocycles. The molecule has 0 aromatic rings. The van der Waals surface area contributed by atoms with Gasteiger partial charge in [-0.2, -0.15) is 0 Å². The molecule has 4 nitrogen and oxygen atoms in total. The van der Waals surface area contributed by atoms with Crippen molar-refractivity contribution in [2.45, 2.75) is 58.1 Å². The molecule has 0 aromatic heterocycles. The molecular formula is C13H25NO3. The molecule has 0 radical (unpaired) electrons. The van der Waals surface area contributed by atoms with E-state index in [1.54, 1.807) is 0 Å². The van der Waals surface area contributed by atoms with Gasteiger partial charge in [-0.1, -0.05) is 26.7 Å². The summed E-state index contributed by atoms with van der Waals surface area (Å²) < 4.78 is 5.60. The molecule has 2 N–H and O–H groups in total. The molecule has 17 heavy (non-hydrogen) atoms. The average molecular weight is 243 g/mol. The van der Waals surface area contributed by atoms with E-state index in [2.05, 4.69) is 19.2 Å². The van der Waals surface area contributed by atoms with Gasteiger partial charge in [0.25, 0.3) is 0 Å². The quantitative estimate of drug-likeness (QED) is 0.685. The Morgan fingerprint density at radius 2 is 2.29 bits per heavy atom. The predicted octanol–water partition coefficient (Wildman–Crippen LogP) is 2.03. The predicted molar refractivity (Wildman–Crippen MR) is 67.1 cm³/mol. The Bertz CT molecular complexity index is 233. The number of ether oxygens (including phenoxy) is 1. The van der Waals surface area contributed by atoms with Crippen LogP contribution in [0.1, 0.15) is 46.0 Å². The third kappa shape index (κ3) is 4.64. The second-order valence-corrected chi connectivity index (χ2v) is 4.81. The molecule has 0 spiro atoms. The number of carboxylic acids is 1. The van der Waals surface area contributed by atoms with Crippen molar-refractivity contribution >= 4 is 5.97 Å². The Morgan fingerprint density at radius 1 is 1.53 bits per heavy atom. The highest BCUT2D eigenvalue weighted by molar-refractivity contribution is 5.73. The topological polar surface area (TPSA) is 58.6 Å². The summed E-state index contributed by atoms with van der Waals surface area (Å²) in [6.45, 7) is 5.78. The molecule has 0 bridgehead atoms. The molecule has 0 saturated carbocycles. The molecule has 0 amide bonds. The van der Waals surface area contributed by atoms with Crippen LogP contribution < -0.4 is 5.32 Å². The number of nitrogens with one attached hydrogen (secondary N) is 1. The number of aliphatic carboxylic acids is 1. The van der Waals surface area contributed by atoms with Crippen LogP contribution in [0, 0.1) is 5.92 Å². The van der Waals surface area contributed by atoms with E-state index in [1.165, 1.54) is 0 Å². The maximum absolute atomic E-state index is 11.1. The summed E-state index contributed by atoms with van der Waals surface area (Å²) in [5, 5.41) is 12.3. The molecule has 1 saturated heterocycles. The van der Waals surface area contributed by atoms with Crippen LogP contribution in [0.4, 0.5) is 0 Å². The minimum Gasteiger partial charge on any atom is -0.480 e. The number of rotatable bonds is 8. The van der Waals surface area contributed by atoms with Crippen molar-refractivity contribution in [2.24, 2.45) is 5.92 Å². The summed E-state index contributed by atoms with van der Waals surface area (Å²) in [5.74, 6) is -0.256. The van der Waals surface area contributed by atoms with Crippen LogP contribution >= 0.6 is 0 Å². The van der Waals surface area contributed by atoms with E-state index in [0.717, 1.165) is 45.3 Å². The SMILES string of the molecule is CCCCC(NCC1CCOC1CC)C(=O)O. The van der Waals surface area contributed by atoms with Gasteiger partial charge in [-0.15, -0.1) is 0 Å². The van der Waals surface area contributed by atoms with Gasteiger partial charge in [0.15, 0.2) is 0 Å². The zero-order valence-electron chi connectivity index (χ0n) is 10.9. The number of carbonyl (C=O) groups is 1. The van der Waals surface area contributed by atoms with Crippen LogP contribution in [-0.4, -0.2) is 36.4 Å². The zero-order valence-corrected chi connectivity index (χ0v) is 10.9. The highest BCUT2D eigenvalue weighted by Gasteiger charge is 2.28. The van der Waals surface area contributed by atoms with E-state index >= 15 is 0 Å². The van der Waals surface area contributed by atoms with Crippen molar-refractivity contribution in [3.63, 3.8) is 0 Å². The maximum Gasteiger partial charge on any atom is 0.320 e. The van der Waals surface area contributed by atoms with Crippen LogP contribution in [0.3, 0.4) is 0 Å². The van der Waals surface area contributed by atoms with Crippen molar-refractivity contribution in [1.29, 1.82) is 0 Å². The lowest BCUT2D eigenvalue weighted by molar-refractivity contribution is -0.139. The van der Waals surface area contributed by atoms with E-state index in [0.29, 0.717) is 12.0 Å². The minimum atomic E-state index is -0.731. The van der Waals surface area contributed by atoms with E-state index < -0.39 is 12.0 Å². The Labute approximate surface area is 104 Å². The lowest BCUT2D eigenvalue weighted by Gasteiger charge is -2.20. The molecule has 100 valence electrons. The normalized spacial score (nSPS) is 26.0. The van der Waals surface area contributed by atoms with Gasteiger partial charge in [0, 0.05) is 13.2 Å². The van der Waals surface area contributed by atoms with Gasteiger partial charge in [0.2, 0.25) is 0 Å². The molecule has 1 fully saturated rings. The number of hydrogen-bond donors (Lipinski definition) is 2. The lowest BCUT2D eigenvalue weighted by Crippen LogP contribution is -2.40. The first-order valence-electron chi connectivity index (χ1n) is 6.76. The van der Waals surface area contributed by atoms with Gasteiger partial charge in [-0.3, -0.25) is 4.79 Å². The molecular weight excluding hydrogens is 218 g/mol. The molecule has 1 heterocycles. The molecule has 1 rings (SSSR count). The third-order valence-corrected chi connectivity index (χ3v) is 3.52. The van der Waals surface area contributed by atoms with Crippen molar-refractivity contribution in [1.82, 2.24) is 5.32 Å². The largest absolute Gasteiger partial charge is 0.480 e. The van der Waals surface area contributed by atoms with Gasteiger partial charge >= 0.3 is 5.97 Å². The highest BCUT2D eigenvalue weighted by atomic mass is 16.5. The summed E-state index contributed by atoms with van der Waals surface area (Å²) >= 11 is 0. The number of unbranched alkanes of at least 4 members (excludes halogenated alkanes) is 1. The number of hydrogen-bond acceptors (Lipinski definition) is 3. The summed E-state index contributed by atoms with van der Waals surface area (Å²) in [6.07, 6.45) is 5.09. The fourth-order valence-corrected chi connectivity index (χ4v) is 2.39. The van der Waals surface area contributed by atoms with Crippen molar-refractivity contribution < 1.29 is 14.6 Å². The lowest BCUT2D eigenvalue weighted by atomic mass is 9.99. The van der Waals surface area contributed by atoms with E-state index in [1.807, 2.05) is 0 Å².